The summed E-state index contributed by atoms with van der Waals surface area (Å²) in [5.41, 5.74) is 5.07. The first kappa shape index (κ1) is 16.8. The van der Waals surface area contributed by atoms with E-state index in [1.54, 1.807) is 0 Å². The summed E-state index contributed by atoms with van der Waals surface area (Å²) in [5, 5.41) is 3.03. The molecule has 0 spiro atoms. The van der Waals surface area contributed by atoms with E-state index < -0.39 is 0 Å². The van der Waals surface area contributed by atoms with Crippen LogP contribution in [0.3, 0.4) is 0 Å². The summed E-state index contributed by atoms with van der Waals surface area (Å²) in [5.74, 6) is 0.396. The van der Waals surface area contributed by atoms with Crippen molar-refractivity contribution in [1.82, 2.24) is 5.32 Å². The van der Waals surface area contributed by atoms with Crippen LogP contribution in [0.4, 0.5) is 5.69 Å². The normalized spacial score (nSPS) is 16.1. The number of hydrogen-bond acceptors (Lipinski definition) is 2. The molecule has 2 amide bonds. The number of hydrogen-bond donors (Lipinski definition) is 1. The van der Waals surface area contributed by atoms with Crippen molar-refractivity contribution in [2.45, 2.75) is 39.2 Å². The number of nitrogens with zero attached hydrogens (tertiary/aromatic N) is 1. The molecule has 1 aliphatic carbocycles. The first-order chi connectivity index (χ1) is 12.6. The summed E-state index contributed by atoms with van der Waals surface area (Å²) in [7, 11) is 0. The first-order valence-electron chi connectivity index (χ1n) is 9.40. The molecule has 2 aromatic carbocycles. The number of amides is 2. The Hall–Kier alpha value is -2.62. The van der Waals surface area contributed by atoms with Crippen LogP contribution in [-0.4, -0.2) is 18.4 Å². The van der Waals surface area contributed by atoms with Crippen LogP contribution in [0.5, 0.6) is 0 Å². The van der Waals surface area contributed by atoms with Crippen molar-refractivity contribution in [2.24, 2.45) is 5.92 Å². The lowest BCUT2D eigenvalue weighted by molar-refractivity contribution is -0.127. The lowest BCUT2D eigenvalue weighted by atomic mass is 9.85. The highest BCUT2D eigenvalue weighted by atomic mass is 16.2. The molecule has 0 radical (unpaired) electrons. The van der Waals surface area contributed by atoms with Gasteiger partial charge in [-0.3, -0.25) is 9.59 Å². The third-order valence-electron chi connectivity index (χ3n) is 5.53. The molecule has 0 aromatic heterocycles. The van der Waals surface area contributed by atoms with Gasteiger partial charge in [-0.15, -0.1) is 0 Å². The predicted octanol–water partition coefficient (Wildman–Crippen LogP) is 3.61. The van der Waals surface area contributed by atoms with Gasteiger partial charge < -0.3 is 10.2 Å². The zero-order valence-corrected chi connectivity index (χ0v) is 15.1. The van der Waals surface area contributed by atoms with Gasteiger partial charge >= 0.3 is 0 Å². The number of carbonyl (C=O) groups is 2. The second-order valence-corrected chi connectivity index (χ2v) is 7.38. The van der Waals surface area contributed by atoms with E-state index >= 15 is 0 Å². The molecule has 1 fully saturated rings. The van der Waals surface area contributed by atoms with Crippen LogP contribution >= 0.6 is 0 Å². The Labute approximate surface area is 154 Å². The molecule has 0 atom stereocenters. The molecule has 4 nitrogen and oxygen atoms in total. The Bertz CT molecular complexity index is 838. The molecule has 0 unspecified atom stereocenters. The Morgan fingerprint density at radius 1 is 1.12 bits per heavy atom. The lowest BCUT2D eigenvalue weighted by Gasteiger charge is -2.24. The number of carbonyl (C=O) groups excluding carboxylic acids is 2. The van der Waals surface area contributed by atoms with Gasteiger partial charge in [-0.25, -0.2) is 0 Å². The Morgan fingerprint density at radius 2 is 1.88 bits per heavy atom. The molecule has 0 saturated heterocycles. The maximum atomic E-state index is 12.9. The van der Waals surface area contributed by atoms with E-state index in [-0.39, 0.29) is 17.7 Å². The van der Waals surface area contributed by atoms with Gasteiger partial charge in [0.1, 0.15) is 0 Å². The molecule has 26 heavy (non-hydrogen) atoms. The fourth-order valence-corrected chi connectivity index (χ4v) is 3.60. The number of fused-ring (bicyclic) bond motifs is 1. The topological polar surface area (TPSA) is 49.4 Å². The highest BCUT2D eigenvalue weighted by Gasteiger charge is 2.27. The Morgan fingerprint density at radius 3 is 2.58 bits per heavy atom. The summed E-state index contributed by atoms with van der Waals surface area (Å²) in [4.78, 5) is 26.8. The van der Waals surface area contributed by atoms with E-state index in [9.17, 15) is 9.59 Å². The van der Waals surface area contributed by atoms with E-state index in [4.69, 9.17) is 0 Å². The van der Waals surface area contributed by atoms with Gasteiger partial charge in [0.2, 0.25) is 5.91 Å². The highest BCUT2D eigenvalue weighted by molar-refractivity contribution is 6.07. The van der Waals surface area contributed by atoms with Gasteiger partial charge in [0.15, 0.2) is 0 Å². The van der Waals surface area contributed by atoms with Crippen LogP contribution in [0.2, 0.25) is 0 Å². The minimum Gasteiger partial charge on any atom is -0.352 e. The second-order valence-electron chi connectivity index (χ2n) is 7.38. The van der Waals surface area contributed by atoms with E-state index in [0.29, 0.717) is 18.7 Å². The van der Waals surface area contributed by atoms with Gasteiger partial charge in [0.25, 0.3) is 5.91 Å². The maximum Gasteiger partial charge on any atom is 0.258 e. The van der Waals surface area contributed by atoms with E-state index in [1.165, 1.54) is 5.56 Å². The van der Waals surface area contributed by atoms with Crippen molar-refractivity contribution in [3.63, 3.8) is 0 Å². The Balaban J connectivity index is 1.49. The molecular weight excluding hydrogens is 324 g/mol. The minimum absolute atomic E-state index is 0.0411. The summed E-state index contributed by atoms with van der Waals surface area (Å²) in [6.45, 7) is 3.25. The van der Waals surface area contributed by atoms with E-state index in [1.807, 2.05) is 36.1 Å². The number of anilines is 1. The molecule has 0 bridgehead atoms. The third-order valence-corrected chi connectivity index (χ3v) is 5.53. The zero-order chi connectivity index (χ0) is 18.1. The average Bonchev–Trinajstić information content (AvgIpc) is 3.01. The van der Waals surface area contributed by atoms with Crippen molar-refractivity contribution >= 4 is 17.5 Å². The largest absolute Gasteiger partial charge is 0.352 e. The van der Waals surface area contributed by atoms with Crippen LogP contribution < -0.4 is 10.2 Å². The van der Waals surface area contributed by atoms with Crippen molar-refractivity contribution < 1.29 is 9.59 Å². The number of rotatable bonds is 4. The second kappa shape index (κ2) is 6.94. The number of benzene rings is 2. The predicted molar refractivity (Wildman–Crippen MR) is 102 cm³/mol. The van der Waals surface area contributed by atoms with Gasteiger partial charge in [-0.05, 0) is 55.5 Å². The lowest BCUT2D eigenvalue weighted by Crippen LogP contribution is -2.34. The number of aryl methyl sites for hydroxylation is 1. The smallest absolute Gasteiger partial charge is 0.258 e. The van der Waals surface area contributed by atoms with Crippen LogP contribution in [0.15, 0.2) is 42.5 Å². The summed E-state index contributed by atoms with van der Waals surface area (Å²) < 4.78 is 0. The van der Waals surface area contributed by atoms with Crippen molar-refractivity contribution in [3.8, 4) is 0 Å². The molecule has 4 rings (SSSR count). The van der Waals surface area contributed by atoms with Gasteiger partial charge in [0.05, 0.1) is 0 Å². The molecule has 2 aliphatic rings. The van der Waals surface area contributed by atoms with Crippen LogP contribution in [0.1, 0.15) is 46.3 Å². The third kappa shape index (κ3) is 3.24. The fraction of sp³-hybridized carbons (Fsp3) is 0.364. The average molecular weight is 348 g/mol. The van der Waals surface area contributed by atoms with Gasteiger partial charge in [0, 0.05) is 30.3 Å². The fourth-order valence-electron chi connectivity index (χ4n) is 3.60. The molecule has 1 heterocycles. The monoisotopic (exact) mass is 348 g/mol. The van der Waals surface area contributed by atoms with E-state index in [2.05, 4.69) is 23.5 Å². The molecular formula is C22H24N2O2. The van der Waals surface area contributed by atoms with Crippen molar-refractivity contribution in [3.05, 3.63) is 64.7 Å². The summed E-state index contributed by atoms with van der Waals surface area (Å²) in [6, 6.07) is 13.9. The number of nitrogens with one attached hydrogen (secondary N) is 1. The van der Waals surface area contributed by atoms with Crippen LogP contribution in [-0.2, 0) is 17.8 Å². The van der Waals surface area contributed by atoms with Gasteiger partial charge in [-0.2, -0.15) is 0 Å². The molecule has 134 valence electrons. The van der Waals surface area contributed by atoms with Crippen molar-refractivity contribution in [2.75, 3.05) is 11.4 Å². The molecule has 1 aliphatic heterocycles. The maximum absolute atomic E-state index is 12.9. The standard InChI is InChI=1S/C22H24N2O2/c1-15-5-8-19(9-6-15)22(26)24-12-11-17-10-7-16(13-20(17)24)14-23-21(25)18-3-2-4-18/h5-10,13,18H,2-4,11-12,14H2,1H3,(H,23,25). The molecule has 4 heteroatoms. The quantitative estimate of drug-likeness (QED) is 0.917. The molecule has 1 N–H and O–H groups in total. The summed E-state index contributed by atoms with van der Waals surface area (Å²) in [6.07, 6.45) is 4.05. The van der Waals surface area contributed by atoms with Gasteiger partial charge in [-0.1, -0.05) is 36.2 Å². The van der Waals surface area contributed by atoms with Crippen LogP contribution in [0, 0.1) is 12.8 Å². The first-order valence-corrected chi connectivity index (χ1v) is 9.40. The summed E-state index contributed by atoms with van der Waals surface area (Å²) >= 11 is 0. The SMILES string of the molecule is Cc1ccc(C(=O)N2CCc3ccc(CNC(=O)C4CCC4)cc32)cc1. The highest BCUT2D eigenvalue weighted by Crippen LogP contribution is 2.31. The molecule has 1 saturated carbocycles. The van der Waals surface area contributed by atoms with E-state index in [0.717, 1.165) is 42.5 Å². The van der Waals surface area contributed by atoms with Crippen molar-refractivity contribution in [1.29, 1.82) is 0 Å². The molecule has 2 aromatic rings. The minimum atomic E-state index is 0.0411. The van der Waals surface area contributed by atoms with Crippen LogP contribution in [0.25, 0.3) is 0 Å². The zero-order valence-electron chi connectivity index (χ0n) is 15.1. The Kier molecular flexibility index (Phi) is 4.49.